The molecule has 1 atom stereocenters. The van der Waals surface area contributed by atoms with E-state index in [9.17, 15) is 0 Å². The molecule has 2 heterocycles. The van der Waals surface area contributed by atoms with E-state index < -0.39 is 0 Å². The summed E-state index contributed by atoms with van der Waals surface area (Å²) in [4.78, 5) is 8.50. The summed E-state index contributed by atoms with van der Waals surface area (Å²) in [5.74, 6) is 1.45. The number of pyridine rings is 1. The van der Waals surface area contributed by atoms with E-state index in [2.05, 4.69) is 27.5 Å². The molecule has 0 radical (unpaired) electrons. The third kappa shape index (κ3) is 7.34. The molecule has 1 aromatic heterocycles. The molecule has 0 bridgehead atoms. The summed E-state index contributed by atoms with van der Waals surface area (Å²) in [6.07, 6.45) is 5.38. The number of aromatic nitrogens is 1. The van der Waals surface area contributed by atoms with Gasteiger partial charge in [-0.3, -0.25) is 4.99 Å². The smallest absolute Gasteiger partial charge is 0.213 e. The lowest BCUT2D eigenvalue weighted by Crippen LogP contribution is -2.40. The summed E-state index contributed by atoms with van der Waals surface area (Å²) < 4.78 is 11.1. The van der Waals surface area contributed by atoms with Gasteiger partial charge in [-0.15, -0.1) is 24.0 Å². The minimum absolute atomic E-state index is 0. The first-order valence-corrected chi connectivity index (χ1v) is 7.95. The highest BCUT2D eigenvalue weighted by molar-refractivity contribution is 14.0. The number of rotatable bonds is 7. The molecular weight excluding hydrogens is 407 g/mol. The molecular formula is C16H27IN4O2. The Labute approximate surface area is 155 Å². The van der Waals surface area contributed by atoms with Crippen molar-refractivity contribution in [3.05, 3.63) is 23.9 Å². The van der Waals surface area contributed by atoms with E-state index in [-0.39, 0.29) is 24.0 Å². The SMILES string of the molecule is CCCOc1ccc(CNC(=NC)NCC2CCCO2)cn1.I. The van der Waals surface area contributed by atoms with Gasteiger partial charge >= 0.3 is 0 Å². The maximum Gasteiger partial charge on any atom is 0.213 e. The summed E-state index contributed by atoms with van der Waals surface area (Å²) >= 11 is 0. The Morgan fingerprint density at radius 2 is 2.30 bits per heavy atom. The van der Waals surface area contributed by atoms with Gasteiger partial charge in [0.2, 0.25) is 5.88 Å². The molecule has 1 saturated heterocycles. The van der Waals surface area contributed by atoms with Crippen LogP contribution in [0.3, 0.4) is 0 Å². The van der Waals surface area contributed by atoms with Gasteiger partial charge < -0.3 is 20.1 Å². The number of nitrogens with one attached hydrogen (secondary N) is 2. The number of aliphatic imine (C=N–C) groups is 1. The Hall–Kier alpha value is -1.09. The van der Waals surface area contributed by atoms with Gasteiger partial charge in [-0.05, 0) is 24.8 Å². The molecule has 2 rings (SSSR count). The first kappa shape index (κ1) is 20.0. The average molecular weight is 434 g/mol. The lowest BCUT2D eigenvalue weighted by molar-refractivity contribution is 0.114. The van der Waals surface area contributed by atoms with Crippen LogP contribution < -0.4 is 15.4 Å². The highest BCUT2D eigenvalue weighted by Gasteiger charge is 2.15. The van der Waals surface area contributed by atoms with E-state index in [1.54, 1.807) is 7.05 Å². The fourth-order valence-corrected chi connectivity index (χ4v) is 2.23. The van der Waals surface area contributed by atoms with Crippen LogP contribution in [0.5, 0.6) is 5.88 Å². The molecule has 130 valence electrons. The second-order valence-corrected chi connectivity index (χ2v) is 5.29. The monoisotopic (exact) mass is 434 g/mol. The standard InChI is InChI=1S/C16H26N4O2.HI/c1-3-8-22-15-7-6-13(10-18-15)11-19-16(17-2)20-12-14-5-4-9-21-14;/h6-7,10,14H,3-5,8-9,11-12H2,1-2H3,(H2,17,19,20);1H. The molecule has 23 heavy (non-hydrogen) atoms. The van der Waals surface area contributed by atoms with Gasteiger partial charge in [-0.2, -0.15) is 0 Å². The molecule has 0 aliphatic carbocycles. The number of hydrogen-bond donors (Lipinski definition) is 2. The van der Waals surface area contributed by atoms with Crippen molar-refractivity contribution in [3.8, 4) is 5.88 Å². The number of hydrogen-bond acceptors (Lipinski definition) is 4. The summed E-state index contributed by atoms with van der Waals surface area (Å²) in [5, 5.41) is 6.56. The molecule has 0 saturated carbocycles. The molecule has 0 aromatic carbocycles. The fraction of sp³-hybridized carbons (Fsp3) is 0.625. The van der Waals surface area contributed by atoms with Crippen LogP contribution in [0, 0.1) is 0 Å². The number of guanidine groups is 1. The lowest BCUT2D eigenvalue weighted by Gasteiger charge is -2.15. The van der Waals surface area contributed by atoms with Gasteiger partial charge in [0, 0.05) is 39.0 Å². The maximum atomic E-state index is 5.59. The maximum absolute atomic E-state index is 5.59. The highest BCUT2D eigenvalue weighted by Crippen LogP contribution is 2.10. The van der Waals surface area contributed by atoms with Gasteiger partial charge in [-0.1, -0.05) is 13.0 Å². The quantitative estimate of drug-likeness (QED) is 0.392. The van der Waals surface area contributed by atoms with E-state index in [1.165, 1.54) is 0 Å². The van der Waals surface area contributed by atoms with Crippen LogP contribution in [-0.4, -0.2) is 43.9 Å². The van der Waals surface area contributed by atoms with E-state index in [0.717, 1.165) is 43.9 Å². The van der Waals surface area contributed by atoms with Gasteiger partial charge in [-0.25, -0.2) is 4.98 Å². The van der Waals surface area contributed by atoms with E-state index in [4.69, 9.17) is 9.47 Å². The van der Waals surface area contributed by atoms with Gasteiger partial charge in [0.15, 0.2) is 5.96 Å². The Morgan fingerprint density at radius 3 is 2.91 bits per heavy atom. The predicted molar refractivity (Wildman–Crippen MR) is 103 cm³/mol. The van der Waals surface area contributed by atoms with Crippen molar-refractivity contribution < 1.29 is 9.47 Å². The Balaban J connectivity index is 0.00000264. The van der Waals surface area contributed by atoms with Crippen LogP contribution in [0.4, 0.5) is 0 Å². The Kier molecular flexibility index (Phi) is 9.93. The average Bonchev–Trinajstić information content (AvgIpc) is 3.07. The zero-order valence-electron chi connectivity index (χ0n) is 13.9. The van der Waals surface area contributed by atoms with Crippen molar-refractivity contribution in [1.82, 2.24) is 15.6 Å². The van der Waals surface area contributed by atoms with E-state index >= 15 is 0 Å². The third-order valence-corrected chi connectivity index (χ3v) is 3.46. The molecule has 2 N–H and O–H groups in total. The van der Waals surface area contributed by atoms with Crippen LogP contribution in [-0.2, 0) is 11.3 Å². The fourth-order valence-electron chi connectivity index (χ4n) is 2.23. The Morgan fingerprint density at radius 1 is 1.43 bits per heavy atom. The molecule has 0 spiro atoms. The number of nitrogens with zero attached hydrogens (tertiary/aromatic N) is 2. The minimum Gasteiger partial charge on any atom is -0.478 e. The molecule has 1 unspecified atom stereocenters. The summed E-state index contributed by atoms with van der Waals surface area (Å²) in [7, 11) is 1.77. The van der Waals surface area contributed by atoms with Crippen molar-refractivity contribution in [2.24, 2.45) is 4.99 Å². The second kappa shape index (κ2) is 11.4. The van der Waals surface area contributed by atoms with Crippen LogP contribution in [0.25, 0.3) is 0 Å². The summed E-state index contributed by atoms with van der Waals surface area (Å²) in [6, 6.07) is 3.91. The first-order chi connectivity index (χ1) is 10.8. The van der Waals surface area contributed by atoms with E-state index in [1.807, 2.05) is 18.3 Å². The molecule has 6 nitrogen and oxygen atoms in total. The second-order valence-electron chi connectivity index (χ2n) is 5.29. The normalized spacial score (nSPS) is 17.5. The molecule has 1 fully saturated rings. The summed E-state index contributed by atoms with van der Waals surface area (Å²) in [5.41, 5.74) is 1.09. The zero-order valence-corrected chi connectivity index (χ0v) is 16.2. The van der Waals surface area contributed by atoms with Crippen molar-refractivity contribution >= 4 is 29.9 Å². The third-order valence-electron chi connectivity index (χ3n) is 3.46. The van der Waals surface area contributed by atoms with Crippen molar-refractivity contribution in [3.63, 3.8) is 0 Å². The predicted octanol–water partition coefficient (Wildman–Crippen LogP) is 2.33. The molecule has 0 amide bonds. The first-order valence-electron chi connectivity index (χ1n) is 7.95. The van der Waals surface area contributed by atoms with Crippen molar-refractivity contribution in [2.45, 2.75) is 38.8 Å². The molecule has 1 aromatic rings. The van der Waals surface area contributed by atoms with Crippen molar-refractivity contribution in [1.29, 1.82) is 0 Å². The Bertz CT molecular complexity index is 462. The molecule has 1 aliphatic heterocycles. The van der Waals surface area contributed by atoms with Crippen molar-refractivity contribution in [2.75, 3.05) is 26.8 Å². The molecule has 1 aliphatic rings. The van der Waals surface area contributed by atoms with Crippen LogP contribution in [0.1, 0.15) is 31.7 Å². The van der Waals surface area contributed by atoms with Crippen LogP contribution in [0.2, 0.25) is 0 Å². The number of ether oxygens (including phenoxy) is 2. The molecule has 7 heteroatoms. The van der Waals surface area contributed by atoms with E-state index in [0.29, 0.717) is 25.1 Å². The highest BCUT2D eigenvalue weighted by atomic mass is 127. The lowest BCUT2D eigenvalue weighted by atomic mass is 10.2. The summed E-state index contributed by atoms with van der Waals surface area (Å²) in [6.45, 7) is 5.11. The van der Waals surface area contributed by atoms with Gasteiger partial charge in [0.25, 0.3) is 0 Å². The minimum atomic E-state index is 0. The largest absolute Gasteiger partial charge is 0.478 e. The van der Waals surface area contributed by atoms with Gasteiger partial charge in [0.1, 0.15) is 0 Å². The topological polar surface area (TPSA) is 67.8 Å². The number of halogens is 1. The van der Waals surface area contributed by atoms with Gasteiger partial charge in [0.05, 0.1) is 12.7 Å². The van der Waals surface area contributed by atoms with Crippen LogP contribution >= 0.6 is 24.0 Å². The zero-order chi connectivity index (χ0) is 15.6. The van der Waals surface area contributed by atoms with Crippen LogP contribution in [0.15, 0.2) is 23.3 Å².